The molecule has 2 amide bonds. The summed E-state index contributed by atoms with van der Waals surface area (Å²) >= 11 is 5.61. The Morgan fingerprint density at radius 3 is 2.68 bits per heavy atom. The van der Waals surface area contributed by atoms with Gasteiger partial charge in [-0.25, -0.2) is 10.2 Å². The first-order chi connectivity index (χ1) is 8.95. The molecule has 0 aromatic heterocycles. The molecular weight excluding hydrogens is 278 g/mol. The fraction of sp³-hybridized carbons (Fsp3) is 0.200. The number of halogens is 1. The van der Waals surface area contributed by atoms with E-state index in [1.54, 1.807) is 6.92 Å². The average molecular weight is 288 g/mol. The van der Waals surface area contributed by atoms with E-state index in [1.165, 1.54) is 12.1 Å². The van der Waals surface area contributed by atoms with Crippen molar-refractivity contribution in [3.8, 4) is 0 Å². The number of ether oxygens (including phenoxy) is 1. The van der Waals surface area contributed by atoms with Gasteiger partial charge in [0.2, 0.25) is 0 Å². The lowest BCUT2D eigenvalue weighted by Crippen LogP contribution is -2.42. The summed E-state index contributed by atoms with van der Waals surface area (Å²) < 4.78 is 4.51. The smallest absolute Gasteiger partial charge is 0.426 e. The summed E-state index contributed by atoms with van der Waals surface area (Å²) in [6.45, 7) is 1.72. The highest BCUT2D eigenvalue weighted by Crippen LogP contribution is 2.22. The summed E-state index contributed by atoms with van der Waals surface area (Å²) in [5.41, 5.74) is 3.24. The lowest BCUT2D eigenvalue weighted by atomic mass is 10.2. The van der Waals surface area contributed by atoms with Gasteiger partial charge < -0.3 is 4.74 Å². The van der Waals surface area contributed by atoms with Gasteiger partial charge in [-0.15, -0.1) is 0 Å². The number of nitrogens with zero attached hydrogens (tertiary/aromatic N) is 1. The maximum absolute atomic E-state index is 11.7. The highest BCUT2D eigenvalue weighted by Gasteiger charge is 2.20. The van der Waals surface area contributed by atoms with Crippen LogP contribution in [0.1, 0.15) is 17.3 Å². The zero-order valence-corrected chi connectivity index (χ0v) is 10.6. The lowest BCUT2D eigenvalue weighted by Gasteiger charge is -2.07. The summed E-state index contributed by atoms with van der Waals surface area (Å²) in [4.78, 5) is 32.6. The lowest BCUT2D eigenvalue weighted by molar-refractivity contribution is -0.385. The van der Waals surface area contributed by atoms with Gasteiger partial charge in [0.05, 0.1) is 11.5 Å². The zero-order chi connectivity index (χ0) is 14.4. The highest BCUT2D eigenvalue weighted by molar-refractivity contribution is 6.31. The van der Waals surface area contributed by atoms with Crippen molar-refractivity contribution in [2.24, 2.45) is 0 Å². The highest BCUT2D eigenvalue weighted by atomic mass is 35.5. The normalized spacial score (nSPS) is 9.58. The summed E-state index contributed by atoms with van der Waals surface area (Å²) in [6, 6.07) is 3.55. The van der Waals surface area contributed by atoms with Crippen LogP contribution in [0.3, 0.4) is 0 Å². The first-order valence-electron chi connectivity index (χ1n) is 5.12. The molecule has 0 bridgehead atoms. The van der Waals surface area contributed by atoms with Crippen molar-refractivity contribution in [3.05, 3.63) is 38.9 Å². The maximum Gasteiger partial charge on any atom is 0.426 e. The Kier molecular flexibility index (Phi) is 5.07. The molecule has 1 aromatic carbocycles. The number of carbonyl (C=O) groups is 2. The summed E-state index contributed by atoms with van der Waals surface area (Å²) in [5, 5.41) is 10.9. The number of amides is 2. The van der Waals surface area contributed by atoms with Gasteiger partial charge in [0.1, 0.15) is 5.56 Å². The summed E-state index contributed by atoms with van der Waals surface area (Å²) in [6.07, 6.45) is -0.868. The van der Waals surface area contributed by atoms with E-state index in [4.69, 9.17) is 11.6 Å². The number of hydrogen-bond donors (Lipinski definition) is 2. The quantitative estimate of drug-likeness (QED) is 0.648. The number of hydrogen-bond acceptors (Lipinski definition) is 5. The van der Waals surface area contributed by atoms with Crippen LogP contribution in [0.25, 0.3) is 0 Å². The summed E-state index contributed by atoms with van der Waals surface area (Å²) in [5.74, 6) is -0.851. The van der Waals surface area contributed by atoms with Crippen LogP contribution in [0.15, 0.2) is 18.2 Å². The van der Waals surface area contributed by atoms with Gasteiger partial charge in [0.15, 0.2) is 0 Å². The largest absolute Gasteiger partial charge is 0.449 e. The van der Waals surface area contributed by atoms with E-state index < -0.39 is 22.6 Å². The Morgan fingerprint density at radius 1 is 1.42 bits per heavy atom. The molecule has 0 saturated heterocycles. The monoisotopic (exact) mass is 287 g/mol. The molecule has 8 nitrogen and oxygen atoms in total. The zero-order valence-electron chi connectivity index (χ0n) is 9.81. The SMILES string of the molecule is CCOC(=O)NNC(=O)c1ccc(Cl)cc1[N+](=O)[O-]. The minimum absolute atomic E-state index is 0.126. The molecule has 102 valence electrons. The number of benzene rings is 1. The number of hydrazine groups is 1. The van der Waals surface area contributed by atoms with Crippen molar-refractivity contribution in [2.45, 2.75) is 6.92 Å². The second-order valence-corrected chi connectivity index (χ2v) is 3.65. The van der Waals surface area contributed by atoms with Crippen LogP contribution in [0.2, 0.25) is 5.02 Å². The summed E-state index contributed by atoms with van der Waals surface area (Å²) in [7, 11) is 0. The molecule has 0 atom stereocenters. The first-order valence-corrected chi connectivity index (χ1v) is 5.50. The van der Waals surface area contributed by atoms with Crippen molar-refractivity contribution in [3.63, 3.8) is 0 Å². The second-order valence-electron chi connectivity index (χ2n) is 3.22. The van der Waals surface area contributed by atoms with Crippen LogP contribution >= 0.6 is 11.6 Å². The standard InChI is InChI=1S/C10H10ClN3O5/c1-2-19-10(16)13-12-9(15)7-4-3-6(11)5-8(7)14(17)18/h3-5H,2H2,1H3,(H,12,15)(H,13,16). The molecule has 0 fully saturated rings. The number of nitro groups is 1. The van der Waals surface area contributed by atoms with E-state index in [-0.39, 0.29) is 17.2 Å². The molecule has 0 aliphatic rings. The van der Waals surface area contributed by atoms with Crippen LogP contribution < -0.4 is 10.9 Å². The van der Waals surface area contributed by atoms with Crippen molar-refractivity contribution in [1.82, 2.24) is 10.9 Å². The number of nitrogens with one attached hydrogen (secondary N) is 2. The van der Waals surface area contributed by atoms with Gasteiger partial charge in [0.25, 0.3) is 11.6 Å². The van der Waals surface area contributed by atoms with E-state index in [9.17, 15) is 19.7 Å². The predicted octanol–water partition coefficient (Wildman–Crippen LogP) is 1.64. The van der Waals surface area contributed by atoms with E-state index in [0.717, 1.165) is 6.07 Å². The molecular formula is C10H10ClN3O5. The molecule has 1 aromatic rings. The van der Waals surface area contributed by atoms with Crippen molar-refractivity contribution < 1.29 is 19.2 Å². The van der Waals surface area contributed by atoms with Crippen LogP contribution in [-0.4, -0.2) is 23.5 Å². The van der Waals surface area contributed by atoms with Crippen LogP contribution in [0.4, 0.5) is 10.5 Å². The fourth-order valence-corrected chi connectivity index (χ4v) is 1.36. The van der Waals surface area contributed by atoms with E-state index in [2.05, 4.69) is 4.74 Å². The van der Waals surface area contributed by atoms with Gasteiger partial charge in [0, 0.05) is 11.1 Å². The molecule has 9 heteroatoms. The van der Waals surface area contributed by atoms with Crippen molar-refractivity contribution in [1.29, 1.82) is 0 Å². The van der Waals surface area contributed by atoms with Crippen LogP contribution in [0.5, 0.6) is 0 Å². The Morgan fingerprint density at radius 2 is 2.11 bits per heavy atom. The molecule has 0 aliphatic carbocycles. The van der Waals surface area contributed by atoms with Gasteiger partial charge in [-0.2, -0.15) is 0 Å². The fourth-order valence-electron chi connectivity index (χ4n) is 1.19. The minimum Gasteiger partial charge on any atom is -0.449 e. The molecule has 19 heavy (non-hydrogen) atoms. The van der Waals surface area contributed by atoms with E-state index in [0.29, 0.717) is 0 Å². The average Bonchev–Trinajstić information content (AvgIpc) is 2.36. The molecule has 0 radical (unpaired) electrons. The number of carbonyl (C=O) groups excluding carboxylic acids is 2. The topological polar surface area (TPSA) is 111 Å². The van der Waals surface area contributed by atoms with Gasteiger partial charge in [-0.3, -0.25) is 20.3 Å². The molecule has 0 heterocycles. The Hall–Kier alpha value is -2.35. The third kappa shape index (κ3) is 4.11. The van der Waals surface area contributed by atoms with Crippen molar-refractivity contribution >= 4 is 29.3 Å². The van der Waals surface area contributed by atoms with Gasteiger partial charge in [-0.1, -0.05) is 11.6 Å². The molecule has 1 rings (SSSR count). The third-order valence-corrected chi connectivity index (χ3v) is 2.19. The predicted molar refractivity (Wildman–Crippen MR) is 65.7 cm³/mol. The first kappa shape index (κ1) is 14.7. The Bertz CT molecular complexity index is 520. The maximum atomic E-state index is 11.7. The molecule has 2 N–H and O–H groups in total. The van der Waals surface area contributed by atoms with Gasteiger partial charge >= 0.3 is 6.09 Å². The van der Waals surface area contributed by atoms with Crippen molar-refractivity contribution in [2.75, 3.05) is 6.61 Å². The number of nitro benzene ring substituents is 1. The molecule has 0 aliphatic heterocycles. The Labute approximate surface area is 112 Å². The molecule has 0 saturated carbocycles. The second kappa shape index (κ2) is 6.55. The van der Waals surface area contributed by atoms with E-state index in [1.807, 2.05) is 10.9 Å². The molecule has 0 spiro atoms. The van der Waals surface area contributed by atoms with Crippen LogP contribution in [-0.2, 0) is 4.74 Å². The molecule has 0 unspecified atom stereocenters. The number of rotatable bonds is 3. The Balaban J connectivity index is 2.82. The minimum atomic E-state index is -0.868. The van der Waals surface area contributed by atoms with E-state index >= 15 is 0 Å². The third-order valence-electron chi connectivity index (χ3n) is 1.95. The van der Waals surface area contributed by atoms with Crippen LogP contribution in [0, 0.1) is 10.1 Å². The van der Waals surface area contributed by atoms with Gasteiger partial charge in [-0.05, 0) is 19.1 Å².